The van der Waals surface area contributed by atoms with Crippen LogP contribution in [-0.2, 0) is 15.0 Å². The van der Waals surface area contributed by atoms with E-state index < -0.39 is 5.41 Å². The Morgan fingerprint density at radius 2 is 2.04 bits per heavy atom. The number of para-hydroxylation sites is 1. The first-order chi connectivity index (χ1) is 11.4. The van der Waals surface area contributed by atoms with Crippen LogP contribution in [0.3, 0.4) is 0 Å². The molecule has 1 aromatic carbocycles. The number of rotatable bonds is 3. The van der Waals surface area contributed by atoms with Gasteiger partial charge in [0.05, 0.1) is 5.41 Å². The van der Waals surface area contributed by atoms with Crippen molar-refractivity contribution in [2.24, 2.45) is 17.8 Å². The van der Waals surface area contributed by atoms with E-state index in [9.17, 15) is 9.59 Å². The molecular weight excluding hydrogens is 300 g/mol. The number of carbonyl (C=O) groups excluding carboxylic acids is 2. The molecule has 24 heavy (non-hydrogen) atoms. The van der Waals surface area contributed by atoms with E-state index in [1.165, 1.54) is 0 Å². The van der Waals surface area contributed by atoms with Gasteiger partial charge in [0.15, 0.2) is 0 Å². The maximum absolute atomic E-state index is 13.3. The number of hydrogen-bond donors (Lipinski definition) is 0. The topological polar surface area (TPSA) is 40.6 Å². The standard InChI is InChI=1S/C20H26N2O2/c1-13(2)11-22-17-7-5-4-6-16(17)20(19(22)24)8-9-21(12-20)18(23)15-10-14(15)3/h4-7,13-15H,8-12H2,1-3H3/t14-,15+,20+/m1/s1. The highest BCUT2D eigenvalue weighted by atomic mass is 16.2. The van der Waals surface area contributed by atoms with Gasteiger partial charge in [0.25, 0.3) is 0 Å². The summed E-state index contributed by atoms with van der Waals surface area (Å²) in [6, 6.07) is 8.15. The van der Waals surface area contributed by atoms with Crippen LogP contribution in [0, 0.1) is 17.8 Å². The number of benzene rings is 1. The second-order valence-electron chi connectivity index (χ2n) is 8.24. The van der Waals surface area contributed by atoms with Crippen molar-refractivity contribution in [2.45, 2.75) is 39.0 Å². The number of nitrogens with zero attached hydrogens (tertiary/aromatic N) is 2. The highest BCUT2D eigenvalue weighted by Crippen LogP contribution is 2.49. The Kier molecular flexibility index (Phi) is 3.48. The fourth-order valence-corrected chi connectivity index (χ4v) is 4.44. The maximum atomic E-state index is 13.3. The molecule has 0 N–H and O–H groups in total. The van der Waals surface area contributed by atoms with Gasteiger partial charge >= 0.3 is 0 Å². The minimum Gasteiger partial charge on any atom is -0.341 e. The van der Waals surface area contributed by atoms with Crippen LogP contribution in [0.4, 0.5) is 5.69 Å². The van der Waals surface area contributed by atoms with Crippen molar-refractivity contribution in [2.75, 3.05) is 24.5 Å². The smallest absolute Gasteiger partial charge is 0.239 e. The number of amides is 2. The summed E-state index contributed by atoms with van der Waals surface area (Å²) in [5.74, 6) is 1.57. The van der Waals surface area contributed by atoms with Crippen molar-refractivity contribution in [3.05, 3.63) is 29.8 Å². The summed E-state index contributed by atoms with van der Waals surface area (Å²) >= 11 is 0. The van der Waals surface area contributed by atoms with Gasteiger partial charge in [-0.2, -0.15) is 0 Å². The number of hydrogen-bond acceptors (Lipinski definition) is 2. The minimum atomic E-state index is -0.515. The van der Waals surface area contributed by atoms with Crippen molar-refractivity contribution in [1.29, 1.82) is 0 Å². The van der Waals surface area contributed by atoms with E-state index >= 15 is 0 Å². The average molecular weight is 326 g/mol. The summed E-state index contributed by atoms with van der Waals surface area (Å²) in [5, 5.41) is 0. The van der Waals surface area contributed by atoms with E-state index in [-0.39, 0.29) is 17.7 Å². The van der Waals surface area contributed by atoms with Gasteiger partial charge in [0.2, 0.25) is 11.8 Å². The molecule has 1 aromatic rings. The van der Waals surface area contributed by atoms with Crippen molar-refractivity contribution in [1.82, 2.24) is 4.90 Å². The maximum Gasteiger partial charge on any atom is 0.239 e. The predicted molar refractivity (Wildman–Crippen MR) is 93.8 cm³/mol. The number of anilines is 1. The zero-order valence-electron chi connectivity index (χ0n) is 14.8. The fourth-order valence-electron chi connectivity index (χ4n) is 4.44. The lowest BCUT2D eigenvalue weighted by molar-refractivity contribution is -0.132. The zero-order valence-corrected chi connectivity index (χ0v) is 14.8. The van der Waals surface area contributed by atoms with Gasteiger partial charge in [0.1, 0.15) is 0 Å². The number of fused-ring (bicyclic) bond motifs is 2. The van der Waals surface area contributed by atoms with Crippen molar-refractivity contribution in [3.8, 4) is 0 Å². The molecule has 1 spiro atoms. The summed E-state index contributed by atoms with van der Waals surface area (Å²) in [4.78, 5) is 29.9. The van der Waals surface area contributed by atoms with Gasteiger partial charge in [-0.05, 0) is 36.3 Å². The first-order valence-electron chi connectivity index (χ1n) is 9.14. The Hall–Kier alpha value is -1.84. The molecular formula is C20H26N2O2. The molecule has 4 rings (SSSR count). The van der Waals surface area contributed by atoms with E-state index in [1.54, 1.807) is 0 Å². The summed E-state index contributed by atoms with van der Waals surface area (Å²) in [7, 11) is 0. The van der Waals surface area contributed by atoms with E-state index in [0.717, 1.165) is 30.6 Å². The molecule has 1 saturated heterocycles. The molecule has 2 aliphatic heterocycles. The summed E-state index contributed by atoms with van der Waals surface area (Å²) in [6.45, 7) is 8.41. The molecule has 1 aliphatic carbocycles. The molecule has 0 unspecified atom stereocenters. The van der Waals surface area contributed by atoms with E-state index in [1.807, 2.05) is 21.9 Å². The van der Waals surface area contributed by atoms with Gasteiger partial charge in [-0.1, -0.05) is 39.0 Å². The summed E-state index contributed by atoms with van der Waals surface area (Å²) < 4.78 is 0. The second-order valence-corrected chi connectivity index (χ2v) is 8.24. The van der Waals surface area contributed by atoms with Crippen LogP contribution < -0.4 is 4.90 Å². The van der Waals surface area contributed by atoms with E-state index in [2.05, 4.69) is 32.9 Å². The molecule has 3 atom stereocenters. The quantitative estimate of drug-likeness (QED) is 0.857. The lowest BCUT2D eigenvalue weighted by atomic mass is 9.81. The summed E-state index contributed by atoms with van der Waals surface area (Å²) in [5.41, 5.74) is 1.65. The predicted octanol–water partition coefficient (Wildman–Crippen LogP) is 2.82. The van der Waals surface area contributed by atoms with Crippen molar-refractivity contribution < 1.29 is 9.59 Å². The van der Waals surface area contributed by atoms with Crippen LogP contribution in [0.25, 0.3) is 0 Å². The Balaban J connectivity index is 1.65. The average Bonchev–Trinajstić information content (AvgIpc) is 3.05. The number of likely N-dealkylation sites (tertiary alicyclic amines) is 1. The first-order valence-corrected chi connectivity index (χ1v) is 9.14. The van der Waals surface area contributed by atoms with Crippen LogP contribution in [0.2, 0.25) is 0 Å². The normalized spacial score (nSPS) is 31.2. The monoisotopic (exact) mass is 326 g/mol. The molecule has 4 heteroatoms. The molecule has 0 radical (unpaired) electrons. The molecule has 1 saturated carbocycles. The molecule has 0 bridgehead atoms. The van der Waals surface area contributed by atoms with Crippen molar-refractivity contribution >= 4 is 17.5 Å². The molecule has 2 heterocycles. The minimum absolute atomic E-state index is 0.191. The highest BCUT2D eigenvalue weighted by molar-refractivity contribution is 6.09. The SMILES string of the molecule is CC(C)CN1C(=O)[C@]2(CCN(C(=O)[C@H]3C[C@H]3C)C2)c2ccccc21. The van der Waals surface area contributed by atoms with Gasteiger partial charge < -0.3 is 9.80 Å². The third-order valence-electron chi connectivity index (χ3n) is 5.92. The van der Waals surface area contributed by atoms with Crippen LogP contribution in [0.15, 0.2) is 24.3 Å². The van der Waals surface area contributed by atoms with Crippen LogP contribution in [0.5, 0.6) is 0 Å². The Bertz CT molecular complexity index is 699. The molecule has 0 aromatic heterocycles. The molecule has 2 fully saturated rings. The highest BCUT2D eigenvalue weighted by Gasteiger charge is 2.56. The largest absolute Gasteiger partial charge is 0.341 e. The molecule has 128 valence electrons. The van der Waals surface area contributed by atoms with Gasteiger partial charge in [-0.3, -0.25) is 9.59 Å². The lowest BCUT2D eigenvalue weighted by Crippen LogP contribution is -2.44. The fraction of sp³-hybridized carbons (Fsp3) is 0.600. The molecule has 3 aliphatic rings. The Morgan fingerprint density at radius 3 is 2.71 bits per heavy atom. The third-order valence-corrected chi connectivity index (χ3v) is 5.92. The third kappa shape index (κ3) is 2.19. The molecule has 2 amide bonds. The van der Waals surface area contributed by atoms with Gasteiger partial charge in [-0.25, -0.2) is 0 Å². The van der Waals surface area contributed by atoms with E-state index in [4.69, 9.17) is 0 Å². The number of carbonyl (C=O) groups is 2. The van der Waals surface area contributed by atoms with E-state index in [0.29, 0.717) is 24.9 Å². The van der Waals surface area contributed by atoms with Crippen molar-refractivity contribution in [3.63, 3.8) is 0 Å². The Morgan fingerprint density at radius 1 is 1.33 bits per heavy atom. The van der Waals surface area contributed by atoms with Crippen LogP contribution >= 0.6 is 0 Å². The molecule has 4 nitrogen and oxygen atoms in total. The lowest BCUT2D eigenvalue weighted by Gasteiger charge is -2.25. The van der Waals surface area contributed by atoms with Crippen LogP contribution in [0.1, 0.15) is 39.2 Å². The second kappa shape index (κ2) is 5.33. The van der Waals surface area contributed by atoms with Gasteiger partial charge in [-0.15, -0.1) is 0 Å². The van der Waals surface area contributed by atoms with Crippen LogP contribution in [-0.4, -0.2) is 36.3 Å². The zero-order chi connectivity index (χ0) is 17.1. The Labute approximate surface area is 143 Å². The first kappa shape index (κ1) is 15.7. The van der Waals surface area contributed by atoms with Gasteiger partial charge in [0, 0.05) is 31.2 Å². The summed E-state index contributed by atoms with van der Waals surface area (Å²) in [6.07, 6.45) is 1.76.